The van der Waals surface area contributed by atoms with E-state index in [4.69, 9.17) is 0 Å². The molecule has 0 spiro atoms. The van der Waals surface area contributed by atoms with Crippen molar-refractivity contribution in [3.63, 3.8) is 0 Å². The quantitative estimate of drug-likeness (QED) is 0.328. The molecule has 4 nitrogen and oxygen atoms in total. The molecule has 0 radical (unpaired) electrons. The van der Waals surface area contributed by atoms with Gasteiger partial charge in [0.15, 0.2) is 0 Å². The molecular formula is C6H4N2O2S. The van der Waals surface area contributed by atoms with Crippen LogP contribution >= 0.6 is 10.9 Å². The molecule has 0 aliphatic carbocycles. The van der Waals surface area contributed by atoms with Crippen LogP contribution < -0.4 is 4.85 Å². The fourth-order valence-electron chi connectivity index (χ4n) is 0.918. The summed E-state index contributed by atoms with van der Waals surface area (Å²) in [6.07, 6.45) is 0. The van der Waals surface area contributed by atoms with Crippen molar-refractivity contribution in [1.29, 1.82) is 0 Å². The Morgan fingerprint density at radius 3 is 2.82 bits per heavy atom. The van der Waals surface area contributed by atoms with Crippen molar-refractivity contribution in [2.45, 2.75) is 0 Å². The molecule has 1 aromatic carbocycles. The highest BCUT2D eigenvalue weighted by atomic mass is 32.2. The molecule has 1 atom stereocenters. The van der Waals surface area contributed by atoms with Gasteiger partial charge in [-0.2, -0.15) is 0 Å². The summed E-state index contributed by atoms with van der Waals surface area (Å²) in [5.41, 5.74) is 0.380. The summed E-state index contributed by atoms with van der Waals surface area (Å²) in [4.78, 5) is 0.394. The third-order valence-electron chi connectivity index (χ3n) is 1.41. The summed E-state index contributed by atoms with van der Waals surface area (Å²) >= 11 is 0. The highest BCUT2D eigenvalue weighted by Crippen LogP contribution is 2.19. The molecule has 1 aromatic heterocycles. The largest absolute Gasteiger partial charge is 0.590 e. The highest BCUT2D eigenvalue weighted by molar-refractivity contribution is 7.25. The van der Waals surface area contributed by atoms with Crippen molar-refractivity contribution in [3.8, 4) is 0 Å². The minimum atomic E-state index is -1.49. The summed E-state index contributed by atoms with van der Waals surface area (Å²) in [6, 6.07) is 6.66. The maximum atomic E-state index is 11.0. The number of aromatic nitrogens is 2. The van der Waals surface area contributed by atoms with Gasteiger partial charge in [0.05, 0.1) is 0 Å². The van der Waals surface area contributed by atoms with Gasteiger partial charge >= 0.3 is 5.52 Å². The smallest absolute Gasteiger partial charge is 0.311 e. The molecular weight excluding hydrogens is 164 g/mol. The SMILES string of the molecule is [O-][n+]1n[s+]([O-])c2ccccc21. The minimum absolute atomic E-state index is 0.380. The molecule has 56 valence electrons. The van der Waals surface area contributed by atoms with Gasteiger partial charge in [-0.25, -0.2) is 0 Å². The molecule has 0 aliphatic heterocycles. The van der Waals surface area contributed by atoms with Crippen LogP contribution in [0.5, 0.6) is 0 Å². The van der Waals surface area contributed by atoms with Gasteiger partial charge in [0, 0.05) is 17.0 Å². The molecule has 11 heavy (non-hydrogen) atoms. The van der Waals surface area contributed by atoms with E-state index in [0.717, 1.165) is 0 Å². The van der Waals surface area contributed by atoms with Crippen molar-refractivity contribution in [3.05, 3.63) is 29.5 Å². The number of nitrogens with zero attached hydrogens (tertiary/aromatic N) is 2. The van der Waals surface area contributed by atoms with E-state index in [9.17, 15) is 9.76 Å². The third kappa shape index (κ3) is 0.856. The molecule has 2 aromatic rings. The second-order valence-electron chi connectivity index (χ2n) is 2.07. The Kier molecular flexibility index (Phi) is 1.27. The first-order valence-corrected chi connectivity index (χ1v) is 4.09. The van der Waals surface area contributed by atoms with E-state index in [2.05, 4.69) is 4.49 Å². The predicted molar refractivity (Wildman–Crippen MR) is 39.4 cm³/mol. The van der Waals surface area contributed by atoms with Gasteiger partial charge in [0.1, 0.15) is 10.9 Å². The monoisotopic (exact) mass is 168 g/mol. The van der Waals surface area contributed by atoms with Crippen LogP contribution in [0.4, 0.5) is 0 Å². The zero-order chi connectivity index (χ0) is 7.84. The van der Waals surface area contributed by atoms with Crippen LogP contribution in [0, 0.1) is 5.21 Å². The Bertz CT molecular complexity index is 362. The minimum Gasteiger partial charge on any atom is -0.590 e. The maximum absolute atomic E-state index is 11.0. The fraction of sp³-hybridized carbons (Fsp3) is 0. The Hall–Kier alpha value is -1.20. The molecule has 0 aliphatic rings. The molecule has 2 rings (SSSR count). The van der Waals surface area contributed by atoms with E-state index in [-0.39, 0.29) is 0 Å². The van der Waals surface area contributed by atoms with Gasteiger partial charge in [-0.1, -0.05) is 12.1 Å². The van der Waals surface area contributed by atoms with Crippen molar-refractivity contribution in [2.24, 2.45) is 0 Å². The average Bonchev–Trinajstić information content (AvgIpc) is 2.30. The van der Waals surface area contributed by atoms with Crippen LogP contribution in [-0.4, -0.2) is 9.04 Å². The van der Waals surface area contributed by atoms with Gasteiger partial charge in [0.2, 0.25) is 4.49 Å². The van der Waals surface area contributed by atoms with E-state index in [1.807, 2.05) is 0 Å². The summed E-state index contributed by atoms with van der Waals surface area (Å²) in [6.45, 7) is 0. The van der Waals surface area contributed by atoms with Crippen molar-refractivity contribution in [2.75, 3.05) is 0 Å². The van der Waals surface area contributed by atoms with E-state index in [1.165, 1.54) is 0 Å². The predicted octanol–water partition coefficient (Wildman–Crippen LogP) is 0.596. The average molecular weight is 168 g/mol. The van der Waals surface area contributed by atoms with E-state index >= 15 is 0 Å². The van der Waals surface area contributed by atoms with Crippen LogP contribution in [0.15, 0.2) is 24.3 Å². The number of hydrogen-bond donors (Lipinski definition) is 0. The van der Waals surface area contributed by atoms with Gasteiger partial charge in [-0.15, -0.1) is 0 Å². The molecule has 1 heterocycles. The van der Waals surface area contributed by atoms with Crippen LogP contribution in [0.25, 0.3) is 10.2 Å². The van der Waals surface area contributed by atoms with Gasteiger partial charge < -0.3 is 9.76 Å². The molecule has 0 amide bonds. The van der Waals surface area contributed by atoms with Crippen LogP contribution in [0.1, 0.15) is 0 Å². The molecule has 0 N–H and O–H groups in total. The summed E-state index contributed by atoms with van der Waals surface area (Å²) < 4.78 is 14.8. The molecule has 5 heteroatoms. The second-order valence-corrected chi connectivity index (χ2v) is 3.17. The number of rotatable bonds is 0. The van der Waals surface area contributed by atoms with E-state index in [1.54, 1.807) is 24.3 Å². The number of benzene rings is 1. The van der Waals surface area contributed by atoms with Crippen LogP contribution in [0.3, 0.4) is 0 Å². The van der Waals surface area contributed by atoms with E-state index < -0.39 is 10.9 Å². The molecule has 0 saturated heterocycles. The Morgan fingerprint density at radius 2 is 2.09 bits per heavy atom. The second kappa shape index (κ2) is 2.14. The van der Waals surface area contributed by atoms with Crippen molar-refractivity contribution < 1.29 is 9.40 Å². The number of fused-ring (bicyclic) bond motifs is 1. The zero-order valence-electron chi connectivity index (χ0n) is 5.43. The summed E-state index contributed by atoms with van der Waals surface area (Å²) in [5.74, 6) is 0. The number of hydrogen-bond acceptors (Lipinski definition) is 3. The van der Waals surface area contributed by atoms with Crippen molar-refractivity contribution >= 4 is 21.2 Å². The van der Waals surface area contributed by atoms with Gasteiger partial charge in [-0.05, 0) is 0 Å². The lowest BCUT2D eigenvalue weighted by atomic mass is 10.3. The van der Waals surface area contributed by atoms with E-state index in [0.29, 0.717) is 15.1 Å². The first kappa shape index (κ1) is 6.51. The maximum Gasteiger partial charge on any atom is 0.311 e. The van der Waals surface area contributed by atoms with Gasteiger partial charge in [0.25, 0.3) is 4.70 Å². The fourth-order valence-corrected chi connectivity index (χ4v) is 1.75. The highest BCUT2D eigenvalue weighted by Gasteiger charge is 2.17. The lowest BCUT2D eigenvalue weighted by Crippen LogP contribution is -2.27. The molecule has 0 bridgehead atoms. The number of para-hydroxylation sites is 1. The van der Waals surface area contributed by atoms with Gasteiger partial charge in [-0.3, -0.25) is 0 Å². The first-order chi connectivity index (χ1) is 5.29. The van der Waals surface area contributed by atoms with Crippen LogP contribution in [-0.2, 0) is 0 Å². The van der Waals surface area contributed by atoms with Crippen molar-refractivity contribution in [1.82, 2.24) is 4.49 Å². The van der Waals surface area contributed by atoms with Crippen LogP contribution in [0.2, 0.25) is 0 Å². The Morgan fingerprint density at radius 1 is 1.36 bits per heavy atom. The molecule has 1 unspecified atom stereocenters. The normalized spacial score (nSPS) is 12.3. The summed E-state index contributed by atoms with van der Waals surface area (Å²) in [5, 5.41) is 10.8. The molecule has 0 saturated carbocycles. The standard InChI is InChI=1S/C6H4N2O2S/c9-8-5-3-1-2-4-6(5)11(10)7-8/h1-4H. The Balaban J connectivity index is 2.95. The topological polar surface area (TPSA) is 62.9 Å². The third-order valence-corrected chi connectivity index (χ3v) is 2.43. The Labute approximate surface area is 65.2 Å². The summed E-state index contributed by atoms with van der Waals surface area (Å²) in [7, 11) is -1.49. The first-order valence-electron chi connectivity index (χ1n) is 2.99. The lowest BCUT2D eigenvalue weighted by molar-refractivity contribution is -0.635. The molecule has 0 fully saturated rings. The lowest BCUT2D eigenvalue weighted by Gasteiger charge is -1.79. The zero-order valence-corrected chi connectivity index (χ0v) is 6.25.